The van der Waals surface area contributed by atoms with Crippen molar-refractivity contribution < 1.29 is 29.2 Å². The lowest BCUT2D eigenvalue weighted by molar-refractivity contribution is -0.147. The van der Waals surface area contributed by atoms with Gasteiger partial charge in [-0.3, -0.25) is 0 Å². The smallest absolute Gasteiger partial charge is 0.333 e. The zero-order chi connectivity index (χ0) is 29.0. The van der Waals surface area contributed by atoms with Crippen LogP contribution in [-0.2, 0) is 9.53 Å². The molecule has 0 bridgehead atoms. The molecule has 10 heteroatoms. The molecule has 4 aromatic carbocycles. The van der Waals surface area contributed by atoms with Gasteiger partial charge in [0.25, 0.3) is 0 Å². The summed E-state index contributed by atoms with van der Waals surface area (Å²) >= 11 is 0. The first kappa shape index (κ1) is 28.5. The predicted molar refractivity (Wildman–Crippen MR) is 153 cm³/mol. The molecule has 0 saturated carbocycles. The minimum absolute atomic E-state index is 0.0479. The molecule has 0 spiro atoms. The number of hydrogen-bond acceptors (Lipinski definition) is 10. The first-order chi connectivity index (χ1) is 19.8. The van der Waals surface area contributed by atoms with Gasteiger partial charge in [-0.25, -0.2) is 4.79 Å². The van der Waals surface area contributed by atoms with Crippen LogP contribution in [0.1, 0.15) is 6.92 Å². The third kappa shape index (κ3) is 9.32. The van der Waals surface area contributed by atoms with Gasteiger partial charge in [-0.2, -0.15) is 20.5 Å². The Kier molecular flexibility index (Phi) is 9.76. The monoisotopic (exact) mass is 552 g/mol. The zero-order valence-corrected chi connectivity index (χ0v) is 22.3. The molecule has 0 amide bonds. The molecule has 4 aromatic rings. The van der Waals surface area contributed by atoms with Gasteiger partial charge in [0.2, 0.25) is 0 Å². The largest absolute Gasteiger partial charge is 0.508 e. The molecule has 2 N–H and O–H groups in total. The topological polar surface area (TPSA) is 135 Å². The lowest BCUT2D eigenvalue weighted by atomic mass is 10.3. The van der Waals surface area contributed by atoms with E-state index in [-0.39, 0.29) is 30.3 Å². The van der Waals surface area contributed by atoms with Crippen molar-refractivity contribution in [3.8, 4) is 23.0 Å². The molecule has 0 saturated heterocycles. The number of aromatic hydroxyl groups is 2. The Morgan fingerprint density at radius 3 is 1.27 bits per heavy atom. The number of nitrogens with zero attached hydrogens (tertiary/aromatic N) is 4. The van der Waals surface area contributed by atoms with Crippen LogP contribution in [0.5, 0.6) is 23.0 Å². The fourth-order valence-electron chi connectivity index (χ4n) is 3.23. The van der Waals surface area contributed by atoms with Crippen molar-refractivity contribution in [2.45, 2.75) is 13.0 Å². The maximum atomic E-state index is 12.2. The van der Waals surface area contributed by atoms with Crippen LogP contribution in [0.25, 0.3) is 0 Å². The fourth-order valence-corrected chi connectivity index (χ4v) is 3.23. The highest BCUT2D eigenvalue weighted by Crippen LogP contribution is 2.24. The Morgan fingerprint density at radius 2 is 0.951 bits per heavy atom. The van der Waals surface area contributed by atoms with E-state index in [1.165, 1.54) is 24.3 Å². The Balaban J connectivity index is 1.31. The van der Waals surface area contributed by atoms with Crippen LogP contribution in [0.3, 0.4) is 0 Å². The van der Waals surface area contributed by atoms with E-state index in [0.29, 0.717) is 34.2 Å². The summed E-state index contributed by atoms with van der Waals surface area (Å²) < 4.78 is 17.2. The van der Waals surface area contributed by atoms with Crippen LogP contribution in [0.4, 0.5) is 22.7 Å². The summed E-state index contributed by atoms with van der Waals surface area (Å²) in [5, 5.41) is 35.3. The van der Waals surface area contributed by atoms with Crippen LogP contribution < -0.4 is 9.47 Å². The Labute approximate surface area is 236 Å². The quantitative estimate of drug-likeness (QED) is 0.104. The number of esters is 1. The van der Waals surface area contributed by atoms with Gasteiger partial charge in [0.05, 0.1) is 22.7 Å². The number of carbonyl (C=O) groups excluding carboxylic acids is 1. The Morgan fingerprint density at radius 1 is 0.634 bits per heavy atom. The van der Waals surface area contributed by atoms with Crippen molar-refractivity contribution in [3.63, 3.8) is 0 Å². The predicted octanol–water partition coefficient (Wildman–Crippen LogP) is 7.87. The van der Waals surface area contributed by atoms with Crippen LogP contribution in [0, 0.1) is 0 Å². The van der Waals surface area contributed by atoms with Crippen molar-refractivity contribution in [2.24, 2.45) is 20.5 Å². The van der Waals surface area contributed by atoms with Crippen molar-refractivity contribution >= 4 is 28.7 Å². The van der Waals surface area contributed by atoms with Gasteiger partial charge in [0, 0.05) is 5.57 Å². The second-order valence-electron chi connectivity index (χ2n) is 8.85. The lowest BCUT2D eigenvalue weighted by Crippen LogP contribution is -2.31. The third-order valence-corrected chi connectivity index (χ3v) is 5.43. The Bertz CT molecular complexity index is 1400. The highest BCUT2D eigenvalue weighted by Gasteiger charge is 2.17. The van der Waals surface area contributed by atoms with E-state index in [1.807, 2.05) is 0 Å². The standard InChI is InChI=1S/C31H28N4O6/c1-21(2)31(38)41-30(19-39-28-15-7-24(8-16-28)34-32-22-3-11-26(36)12-4-22)20-40-29-17-9-25(10-18-29)35-33-23-5-13-27(37)14-6-23/h3-18,30,36-37H,1,19-20H2,2H3. The van der Waals surface area contributed by atoms with Crippen LogP contribution in [0.2, 0.25) is 0 Å². The van der Waals surface area contributed by atoms with E-state index in [1.54, 1.807) is 79.7 Å². The molecule has 0 radical (unpaired) electrons. The average molecular weight is 553 g/mol. The number of azo groups is 2. The van der Waals surface area contributed by atoms with Crippen LogP contribution >= 0.6 is 0 Å². The molecule has 41 heavy (non-hydrogen) atoms. The van der Waals surface area contributed by atoms with E-state index < -0.39 is 12.1 Å². The van der Waals surface area contributed by atoms with E-state index in [4.69, 9.17) is 14.2 Å². The normalized spacial score (nSPS) is 11.8. The lowest BCUT2D eigenvalue weighted by Gasteiger charge is -2.19. The number of ether oxygens (including phenoxy) is 3. The Hall–Kier alpha value is -5.51. The summed E-state index contributed by atoms with van der Waals surface area (Å²) in [6.45, 7) is 5.30. The molecule has 0 aromatic heterocycles. The molecule has 0 aliphatic heterocycles. The summed E-state index contributed by atoms with van der Waals surface area (Å²) in [7, 11) is 0. The molecular formula is C31H28N4O6. The zero-order valence-electron chi connectivity index (χ0n) is 22.3. The summed E-state index contributed by atoms with van der Waals surface area (Å²) in [5.41, 5.74) is 2.72. The van der Waals surface area contributed by atoms with Crippen molar-refractivity contribution in [3.05, 3.63) is 109 Å². The average Bonchev–Trinajstić information content (AvgIpc) is 2.99. The molecule has 10 nitrogen and oxygen atoms in total. The minimum Gasteiger partial charge on any atom is -0.508 e. The summed E-state index contributed by atoms with van der Waals surface area (Å²) in [6.07, 6.45) is -0.707. The fraction of sp³-hybridized carbons (Fsp3) is 0.129. The molecule has 0 atom stereocenters. The highest BCUT2D eigenvalue weighted by atomic mass is 16.6. The van der Waals surface area contributed by atoms with Gasteiger partial charge >= 0.3 is 5.97 Å². The first-order valence-corrected chi connectivity index (χ1v) is 12.6. The van der Waals surface area contributed by atoms with E-state index in [9.17, 15) is 15.0 Å². The SMILES string of the molecule is C=C(C)C(=O)OC(COc1ccc(N=Nc2ccc(O)cc2)cc1)COc1ccc(N=Nc2ccc(O)cc2)cc1. The second-order valence-corrected chi connectivity index (χ2v) is 8.85. The number of benzene rings is 4. The molecule has 4 rings (SSSR count). The summed E-state index contributed by atoms with van der Waals surface area (Å²) in [6, 6.07) is 26.7. The molecular weight excluding hydrogens is 524 g/mol. The number of phenolic OH excluding ortho intramolecular Hbond substituents is 2. The van der Waals surface area contributed by atoms with E-state index >= 15 is 0 Å². The molecule has 208 valence electrons. The molecule has 0 aliphatic carbocycles. The minimum atomic E-state index is -0.707. The first-order valence-electron chi connectivity index (χ1n) is 12.6. The van der Waals surface area contributed by atoms with Gasteiger partial charge in [0.15, 0.2) is 6.10 Å². The summed E-state index contributed by atoms with van der Waals surface area (Å²) in [4.78, 5) is 12.2. The maximum Gasteiger partial charge on any atom is 0.333 e. The van der Waals surface area contributed by atoms with E-state index in [0.717, 1.165) is 0 Å². The van der Waals surface area contributed by atoms with E-state index in [2.05, 4.69) is 27.0 Å². The second kappa shape index (κ2) is 14.0. The molecule has 0 fully saturated rings. The summed E-state index contributed by atoms with van der Waals surface area (Å²) in [5.74, 6) is 0.872. The maximum absolute atomic E-state index is 12.2. The van der Waals surface area contributed by atoms with Gasteiger partial charge in [-0.15, -0.1) is 0 Å². The van der Waals surface area contributed by atoms with Gasteiger partial charge < -0.3 is 24.4 Å². The highest BCUT2D eigenvalue weighted by molar-refractivity contribution is 5.87. The molecule has 0 aliphatic rings. The number of carbonyl (C=O) groups is 1. The number of rotatable bonds is 12. The van der Waals surface area contributed by atoms with Crippen molar-refractivity contribution in [1.29, 1.82) is 0 Å². The van der Waals surface area contributed by atoms with Gasteiger partial charge in [0.1, 0.15) is 36.2 Å². The number of hydrogen-bond donors (Lipinski definition) is 2. The van der Waals surface area contributed by atoms with Gasteiger partial charge in [-0.05, 0) is 104 Å². The molecule has 0 unspecified atom stereocenters. The van der Waals surface area contributed by atoms with Crippen LogP contribution in [0.15, 0.2) is 130 Å². The van der Waals surface area contributed by atoms with Crippen LogP contribution in [-0.4, -0.2) is 35.5 Å². The van der Waals surface area contributed by atoms with Crippen molar-refractivity contribution in [1.82, 2.24) is 0 Å². The van der Waals surface area contributed by atoms with Gasteiger partial charge in [-0.1, -0.05) is 6.58 Å². The third-order valence-electron chi connectivity index (χ3n) is 5.43. The number of phenols is 2. The molecule has 0 heterocycles. The van der Waals surface area contributed by atoms with Crippen molar-refractivity contribution in [2.75, 3.05) is 13.2 Å².